The van der Waals surface area contributed by atoms with Crippen LogP contribution in [0.1, 0.15) is 45.1 Å². The Morgan fingerprint density at radius 1 is 1.23 bits per heavy atom. The minimum Gasteiger partial charge on any atom is -0.317 e. The van der Waals surface area contributed by atoms with Gasteiger partial charge in [0, 0.05) is 24.6 Å². The second-order valence-corrected chi connectivity index (χ2v) is 7.16. The Labute approximate surface area is 174 Å². The Morgan fingerprint density at radius 2 is 2.00 bits per heavy atom. The molecule has 3 heterocycles. The van der Waals surface area contributed by atoms with Gasteiger partial charge in [-0.05, 0) is 37.6 Å². The molecule has 2 amide bonds. The average molecular weight is 430 g/mol. The predicted molar refractivity (Wildman–Crippen MR) is 105 cm³/mol. The number of nitrogens with zero attached hydrogens (tertiary/aromatic N) is 5. The number of aryl methyl sites for hydroxylation is 1. The largest absolute Gasteiger partial charge is 0.416 e. The highest BCUT2D eigenvalue weighted by molar-refractivity contribution is 6.12. The van der Waals surface area contributed by atoms with E-state index < -0.39 is 23.6 Å². The molecule has 0 saturated heterocycles. The molecule has 0 bridgehead atoms. The van der Waals surface area contributed by atoms with Crippen LogP contribution in [0.25, 0.3) is 0 Å². The lowest BCUT2D eigenvalue weighted by atomic mass is 10.1. The van der Waals surface area contributed by atoms with E-state index in [1.54, 1.807) is 0 Å². The third-order valence-corrected chi connectivity index (χ3v) is 4.98. The summed E-state index contributed by atoms with van der Waals surface area (Å²) in [6.07, 6.45) is 0.961. The van der Waals surface area contributed by atoms with Crippen LogP contribution in [0.2, 0.25) is 0 Å². The lowest BCUT2D eigenvalue weighted by molar-refractivity contribution is -0.138. The lowest BCUT2D eigenvalue weighted by Crippen LogP contribution is -2.43. The van der Waals surface area contributed by atoms with Crippen molar-refractivity contribution in [2.24, 2.45) is 0 Å². The first-order valence-corrected chi connectivity index (χ1v) is 9.31. The van der Waals surface area contributed by atoms with Crippen LogP contribution in [0.15, 0.2) is 43.0 Å². The fourth-order valence-corrected chi connectivity index (χ4v) is 3.51. The van der Waals surface area contributed by atoms with E-state index in [9.17, 15) is 22.8 Å². The number of alkyl halides is 3. The molecule has 1 aliphatic heterocycles. The van der Waals surface area contributed by atoms with E-state index in [0.717, 1.165) is 6.07 Å². The Bertz CT molecular complexity index is 1160. The maximum absolute atomic E-state index is 13.2. The monoisotopic (exact) mass is 430 g/mol. The molecular formula is C20H17F3N6O2. The van der Waals surface area contributed by atoms with E-state index >= 15 is 0 Å². The summed E-state index contributed by atoms with van der Waals surface area (Å²) < 4.78 is 40.8. The molecule has 0 aliphatic carbocycles. The molecule has 0 unspecified atom stereocenters. The van der Waals surface area contributed by atoms with Crippen molar-refractivity contribution in [2.45, 2.75) is 26.1 Å². The zero-order chi connectivity index (χ0) is 22.3. The van der Waals surface area contributed by atoms with Crippen LogP contribution in [-0.2, 0) is 6.18 Å². The maximum Gasteiger partial charge on any atom is 0.416 e. The molecule has 1 aliphatic rings. The number of carbonyl (C=O) groups is 2. The van der Waals surface area contributed by atoms with Crippen LogP contribution in [-0.4, -0.2) is 38.1 Å². The van der Waals surface area contributed by atoms with Crippen LogP contribution in [0.4, 0.5) is 24.5 Å². The van der Waals surface area contributed by atoms with Crippen molar-refractivity contribution in [3.05, 3.63) is 65.5 Å². The first kappa shape index (κ1) is 20.5. The summed E-state index contributed by atoms with van der Waals surface area (Å²) in [6, 6.07) is 3.30. The molecule has 11 heteroatoms. The molecule has 0 fully saturated rings. The molecule has 8 nitrogen and oxygen atoms in total. The highest BCUT2D eigenvalue weighted by atomic mass is 19.4. The molecular weight excluding hydrogens is 413 g/mol. The SMILES string of the molecule is Cc1cc(N2C[C@H](C)n3ncc(NC(=O)c4cnccn4)c3C2=O)ccc1C(F)(F)F. The number of halogens is 3. The first-order chi connectivity index (χ1) is 14.7. The summed E-state index contributed by atoms with van der Waals surface area (Å²) in [6.45, 7) is 3.39. The quantitative estimate of drug-likeness (QED) is 0.687. The highest BCUT2D eigenvalue weighted by Gasteiger charge is 2.36. The van der Waals surface area contributed by atoms with Crippen LogP contribution >= 0.6 is 0 Å². The van der Waals surface area contributed by atoms with Gasteiger partial charge in [0.25, 0.3) is 11.8 Å². The van der Waals surface area contributed by atoms with Crippen molar-refractivity contribution in [2.75, 3.05) is 16.8 Å². The van der Waals surface area contributed by atoms with Crippen LogP contribution < -0.4 is 10.2 Å². The zero-order valence-corrected chi connectivity index (χ0v) is 16.5. The Kier molecular flexibility index (Phi) is 4.96. The minimum absolute atomic E-state index is 0.0145. The van der Waals surface area contributed by atoms with E-state index in [-0.39, 0.29) is 35.2 Å². The molecule has 1 N–H and O–H groups in total. The van der Waals surface area contributed by atoms with E-state index in [0.29, 0.717) is 5.69 Å². The van der Waals surface area contributed by atoms with Crippen LogP contribution in [0.3, 0.4) is 0 Å². The summed E-state index contributed by atoms with van der Waals surface area (Å²) in [5, 5.41) is 6.81. The van der Waals surface area contributed by atoms with E-state index in [1.807, 2.05) is 6.92 Å². The van der Waals surface area contributed by atoms with Gasteiger partial charge in [0.05, 0.1) is 29.7 Å². The smallest absolute Gasteiger partial charge is 0.317 e. The van der Waals surface area contributed by atoms with Crippen LogP contribution in [0.5, 0.6) is 0 Å². The Morgan fingerprint density at radius 3 is 2.65 bits per heavy atom. The van der Waals surface area contributed by atoms with Gasteiger partial charge < -0.3 is 10.2 Å². The fourth-order valence-electron chi connectivity index (χ4n) is 3.51. The number of hydrogen-bond acceptors (Lipinski definition) is 5. The van der Waals surface area contributed by atoms with Gasteiger partial charge in [-0.1, -0.05) is 0 Å². The topological polar surface area (TPSA) is 93.0 Å². The van der Waals surface area contributed by atoms with Gasteiger partial charge in [0.15, 0.2) is 5.69 Å². The predicted octanol–water partition coefficient (Wildman–Crippen LogP) is 3.47. The number of aromatic nitrogens is 4. The van der Waals surface area contributed by atoms with Crippen LogP contribution in [0, 0.1) is 6.92 Å². The van der Waals surface area contributed by atoms with Gasteiger partial charge in [-0.2, -0.15) is 18.3 Å². The normalized spacial score (nSPS) is 16.2. The Balaban J connectivity index is 1.66. The molecule has 2 aromatic heterocycles. The number of amides is 2. The van der Waals surface area contributed by atoms with Crippen molar-refractivity contribution in [3.8, 4) is 0 Å². The second kappa shape index (κ2) is 7.49. The molecule has 31 heavy (non-hydrogen) atoms. The van der Waals surface area contributed by atoms with Crippen molar-refractivity contribution in [1.29, 1.82) is 0 Å². The summed E-state index contributed by atoms with van der Waals surface area (Å²) >= 11 is 0. The molecule has 0 spiro atoms. The molecule has 0 saturated carbocycles. The maximum atomic E-state index is 13.2. The van der Waals surface area contributed by atoms with E-state index in [2.05, 4.69) is 20.4 Å². The Hall–Kier alpha value is -3.76. The first-order valence-electron chi connectivity index (χ1n) is 9.31. The van der Waals surface area contributed by atoms with Gasteiger partial charge in [-0.15, -0.1) is 0 Å². The van der Waals surface area contributed by atoms with Crippen molar-refractivity contribution in [3.63, 3.8) is 0 Å². The fraction of sp³-hybridized carbons (Fsp3) is 0.250. The zero-order valence-electron chi connectivity index (χ0n) is 16.5. The summed E-state index contributed by atoms with van der Waals surface area (Å²) in [5.41, 5.74) is -0.0270. The number of nitrogens with one attached hydrogen (secondary N) is 1. The molecule has 160 valence electrons. The van der Waals surface area contributed by atoms with Gasteiger partial charge in [-0.3, -0.25) is 19.3 Å². The summed E-state index contributed by atoms with van der Waals surface area (Å²) in [7, 11) is 0. The number of fused-ring (bicyclic) bond motifs is 1. The molecule has 1 atom stereocenters. The van der Waals surface area contributed by atoms with E-state index in [1.165, 1.54) is 53.4 Å². The number of benzene rings is 1. The van der Waals surface area contributed by atoms with Crippen molar-refractivity contribution in [1.82, 2.24) is 19.7 Å². The standard InChI is InChI=1S/C20H17F3N6O2/c1-11-7-13(3-4-14(11)20(21,22)23)28-10-12(2)29-17(19(28)31)15(9-26-29)27-18(30)16-8-24-5-6-25-16/h3-9,12H,10H2,1-2H3,(H,27,30)/t12-/m0/s1. The highest BCUT2D eigenvalue weighted by Crippen LogP contribution is 2.35. The second-order valence-electron chi connectivity index (χ2n) is 7.16. The van der Waals surface area contributed by atoms with E-state index in [4.69, 9.17) is 0 Å². The summed E-state index contributed by atoms with van der Waals surface area (Å²) in [5.74, 6) is -1.05. The molecule has 0 radical (unpaired) electrons. The number of anilines is 2. The lowest BCUT2D eigenvalue weighted by Gasteiger charge is -2.32. The number of carbonyl (C=O) groups excluding carboxylic acids is 2. The number of rotatable bonds is 3. The summed E-state index contributed by atoms with van der Waals surface area (Å²) in [4.78, 5) is 34.8. The third kappa shape index (κ3) is 3.74. The molecule has 3 aromatic rings. The average Bonchev–Trinajstić information content (AvgIpc) is 3.15. The van der Waals surface area contributed by atoms with Crippen molar-refractivity contribution < 1.29 is 22.8 Å². The minimum atomic E-state index is -4.47. The van der Waals surface area contributed by atoms with Gasteiger partial charge in [0.2, 0.25) is 0 Å². The van der Waals surface area contributed by atoms with Gasteiger partial charge in [0.1, 0.15) is 5.69 Å². The van der Waals surface area contributed by atoms with Gasteiger partial charge >= 0.3 is 6.18 Å². The van der Waals surface area contributed by atoms with Crippen molar-refractivity contribution >= 4 is 23.2 Å². The van der Waals surface area contributed by atoms with Gasteiger partial charge in [-0.25, -0.2) is 4.98 Å². The molecule has 1 aromatic carbocycles. The third-order valence-electron chi connectivity index (χ3n) is 4.98. The number of hydrogen-bond donors (Lipinski definition) is 1. The molecule has 4 rings (SSSR count).